The molecule has 1 saturated heterocycles. The van der Waals surface area contributed by atoms with E-state index in [4.69, 9.17) is 5.73 Å². The highest BCUT2D eigenvalue weighted by Crippen LogP contribution is 2.28. The van der Waals surface area contributed by atoms with Gasteiger partial charge in [0.05, 0.1) is 10.9 Å². The Bertz CT molecular complexity index is 970. The normalized spacial score (nSPS) is 18.3. The van der Waals surface area contributed by atoms with Gasteiger partial charge < -0.3 is 10.6 Å². The topological polar surface area (TPSA) is 114 Å². The lowest BCUT2D eigenvalue weighted by atomic mass is 9.79. The van der Waals surface area contributed by atoms with Gasteiger partial charge in [-0.25, -0.2) is 9.78 Å². The van der Waals surface area contributed by atoms with Crippen LogP contribution in [0.1, 0.15) is 44.0 Å². The highest BCUT2D eigenvalue weighted by molar-refractivity contribution is 5.96. The number of nitrogens with two attached hydrogens (primary N) is 1. The second kappa shape index (κ2) is 9.07. The van der Waals surface area contributed by atoms with Gasteiger partial charge in [-0.1, -0.05) is 20.8 Å². The van der Waals surface area contributed by atoms with Crippen molar-refractivity contribution in [1.29, 1.82) is 0 Å². The molecule has 0 aromatic carbocycles. The summed E-state index contributed by atoms with van der Waals surface area (Å²) in [7, 11) is 0. The highest BCUT2D eigenvalue weighted by Gasteiger charge is 2.35. The lowest BCUT2D eigenvalue weighted by molar-refractivity contribution is 0.0533. The van der Waals surface area contributed by atoms with Crippen molar-refractivity contribution in [3.05, 3.63) is 38.7 Å². The molecular formula is C18H27Cl2N5O3. The van der Waals surface area contributed by atoms with Crippen molar-refractivity contribution >= 4 is 41.8 Å². The van der Waals surface area contributed by atoms with E-state index >= 15 is 0 Å². The quantitative estimate of drug-likeness (QED) is 0.764. The number of piperidine rings is 1. The van der Waals surface area contributed by atoms with Crippen molar-refractivity contribution in [3.63, 3.8) is 0 Å². The molecule has 0 bridgehead atoms. The Kier molecular flexibility index (Phi) is 7.82. The van der Waals surface area contributed by atoms with Crippen LogP contribution in [-0.4, -0.2) is 44.5 Å². The maximum atomic E-state index is 12.9. The molecule has 3 N–H and O–H groups in total. The van der Waals surface area contributed by atoms with E-state index in [0.29, 0.717) is 30.8 Å². The molecule has 10 heteroatoms. The number of H-pyrrole nitrogens is 1. The number of nitrogens with one attached hydrogen (secondary N) is 1. The first-order chi connectivity index (χ1) is 12.2. The van der Waals surface area contributed by atoms with E-state index in [2.05, 4.69) is 9.97 Å². The first-order valence-electron chi connectivity index (χ1n) is 8.92. The molecule has 0 saturated carbocycles. The van der Waals surface area contributed by atoms with Crippen LogP contribution >= 0.6 is 24.8 Å². The third-order valence-electron chi connectivity index (χ3n) is 5.13. The lowest BCUT2D eigenvalue weighted by Crippen LogP contribution is -2.54. The van der Waals surface area contributed by atoms with Crippen LogP contribution in [0.3, 0.4) is 0 Å². The van der Waals surface area contributed by atoms with Crippen LogP contribution in [0.5, 0.6) is 0 Å². The number of halogens is 2. The van der Waals surface area contributed by atoms with Crippen LogP contribution in [0.25, 0.3) is 11.0 Å². The summed E-state index contributed by atoms with van der Waals surface area (Å²) in [5.74, 6) is -0.174. The predicted molar refractivity (Wildman–Crippen MR) is 114 cm³/mol. The maximum absolute atomic E-state index is 12.9. The molecule has 28 heavy (non-hydrogen) atoms. The number of carbonyl (C=O) groups excluding carboxylic acids is 1. The van der Waals surface area contributed by atoms with E-state index in [-0.39, 0.29) is 47.6 Å². The summed E-state index contributed by atoms with van der Waals surface area (Å²) >= 11 is 0. The van der Waals surface area contributed by atoms with Crippen molar-refractivity contribution in [1.82, 2.24) is 19.4 Å². The maximum Gasteiger partial charge on any atom is 0.329 e. The fraction of sp³-hybridized carbons (Fsp3) is 0.556. The predicted octanol–water partition coefficient (Wildman–Crippen LogP) is 1.54. The standard InChI is InChI=1S/C18H25N5O3.2ClH/c1-4-6-23-14-12(15(24)21-17(23)26)8-11(9-20-14)16(25)22-7-5-13(19)18(2,3)10-22;;/h8-9,13H,4-7,10,19H2,1-3H3,(H,21,24,26);2*1H. The Morgan fingerprint density at radius 1 is 1.36 bits per heavy atom. The van der Waals surface area contributed by atoms with Gasteiger partial charge in [0.15, 0.2) is 0 Å². The van der Waals surface area contributed by atoms with Crippen molar-refractivity contribution in [2.24, 2.45) is 11.1 Å². The second-order valence-corrected chi connectivity index (χ2v) is 7.62. The lowest BCUT2D eigenvalue weighted by Gasteiger charge is -2.42. The van der Waals surface area contributed by atoms with E-state index < -0.39 is 11.2 Å². The van der Waals surface area contributed by atoms with Gasteiger partial charge in [-0.05, 0) is 24.3 Å². The number of rotatable bonds is 3. The Morgan fingerprint density at radius 3 is 2.64 bits per heavy atom. The van der Waals surface area contributed by atoms with Gasteiger partial charge in [-0.15, -0.1) is 24.8 Å². The molecule has 156 valence electrons. The molecule has 1 amide bonds. The number of hydrogen-bond donors (Lipinski definition) is 2. The molecule has 1 unspecified atom stereocenters. The van der Waals surface area contributed by atoms with Gasteiger partial charge in [0.1, 0.15) is 5.65 Å². The number of fused-ring (bicyclic) bond motifs is 1. The van der Waals surface area contributed by atoms with E-state index in [0.717, 1.165) is 12.8 Å². The number of aryl methyl sites for hydroxylation is 1. The molecule has 1 fully saturated rings. The summed E-state index contributed by atoms with van der Waals surface area (Å²) in [5.41, 5.74) is 5.61. The van der Waals surface area contributed by atoms with Gasteiger partial charge in [0.2, 0.25) is 0 Å². The molecule has 2 aromatic rings. The monoisotopic (exact) mass is 431 g/mol. The van der Waals surface area contributed by atoms with Gasteiger partial charge >= 0.3 is 5.69 Å². The summed E-state index contributed by atoms with van der Waals surface area (Å²) in [6.45, 7) is 7.60. The van der Waals surface area contributed by atoms with Crippen LogP contribution in [0, 0.1) is 5.41 Å². The van der Waals surface area contributed by atoms with E-state index in [1.807, 2.05) is 20.8 Å². The molecule has 1 atom stereocenters. The number of hydrogen-bond acceptors (Lipinski definition) is 5. The fourth-order valence-corrected chi connectivity index (χ4v) is 3.45. The summed E-state index contributed by atoms with van der Waals surface area (Å²) in [5, 5.41) is 0.247. The molecule has 0 aliphatic carbocycles. The number of amides is 1. The zero-order chi connectivity index (χ0) is 19.1. The Labute approximate surface area is 175 Å². The first-order valence-corrected chi connectivity index (χ1v) is 8.92. The van der Waals surface area contributed by atoms with Crippen LogP contribution in [0.15, 0.2) is 21.9 Å². The molecule has 3 heterocycles. The Morgan fingerprint density at radius 2 is 2.04 bits per heavy atom. The van der Waals surface area contributed by atoms with Crippen LogP contribution in [0.2, 0.25) is 0 Å². The molecule has 8 nitrogen and oxygen atoms in total. The van der Waals surface area contributed by atoms with Gasteiger partial charge in [-0.2, -0.15) is 0 Å². The van der Waals surface area contributed by atoms with Gasteiger partial charge in [0.25, 0.3) is 11.5 Å². The number of carbonyl (C=O) groups is 1. The number of likely N-dealkylation sites (tertiary alicyclic amines) is 1. The average molecular weight is 432 g/mol. The number of nitrogens with zero attached hydrogens (tertiary/aromatic N) is 3. The van der Waals surface area contributed by atoms with Crippen LogP contribution in [0.4, 0.5) is 0 Å². The Hall–Kier alpha value is -1.90. The highest BCUT2D eigenvalue weighted by atomic mass is 35.5. The fourth-order valence-electron chi connectivity index (χ4n) is 3.45. The molecule has 0 radical (unpaired) electrons. The summed E-state index contributed by atoms with van der Waals surface area (Å²) < 4.78 is 1.42. The summed E-state index contributed by atoms with van der Waals surface area (Å²) in [6.07, 6.45) is 2.90. The molecule has 0 spiro atoms. The van der Waals surface area contributed by atoms with Crippen molar-refractivity contribution in [3.8, 4) is 0 Å². The first kappa shape index (κ1) is 24.1. The molecule has 1 aliphatic heterocycles. The van der Waals surface area contributed by atoms with Crippen molar-refractivity contribution in [2.45, 2.75) is 46.2 Å². The molecule has 1 aliphatic rings. The number of aromatic nitrogens is 3. The minimum atomic E-state index is -0.527. The summed E-state index contributed by atoms with van der Waals surface area (Å²) in [4.78, 5) is 45.4. The Balaban J connectivity index is 0.00000196. The van der Waals surface area contributed by atoms with Gasteiger partial charge in [0, 0.05) is 31.9 Å². The molecular weight excluding hydrogens is 405 g/mol. The third kappa shape index (κ3) is 4.39. The minimum absolute atomic E-state index is 0. The smallest absolute Gasteiger partial charge is 0.329 e. The van der Waals surface area contributed by atoms with Gasteiger partial charge in [-0.3, -0.25) is 19.1 Å². The zero-order valence-electron chi connectivity index (χ0n) is 16.2. The third-order valence-corrected chi connectivity index (χ3v) is 5.13. The molecule has 3 rings (SSSR count). The van der Waals surface area contributed by atoms with E-state index in [1.165, 1.54) is 16.8 Å². The SMILES string of the molecule is CCCn1c(=O)[nH]c(=O)c2cc(C(=O)N3CCC(N)C(C)(C)C3)cnc21.Cl.Cl. The van der Waals surface area contributed by atoms with E-state index in [1.54, 1.807) is 4.90 Å². The second-order valence-electron chi connectivity index (χ2n) is 7.62. The number of pyridine rings is 1. The van der Waals surface area contributed by atoms with Crippen LogP contribution < -0.4 is 17.0 Å². The minimum Gasteiger partial charge on any atom is -0.338 e. The molecule has 2 aromatic heterocycles. The van der Waals surface area contributed by atoms with Crippen molar-refractivity contribution in [2.75, 3.05) is 13.1 Å². The average Bonchev–Trinajstić information content (AvgIpc) is 2.60. The van der Waals surface area contributed by atoms with Crippen LogP contribution in [-0.2, 0) is 6.54 Å². The van der Waals surface area contributed by atoms with E-state index in [9.17, 15) is 14.4 Å². The zero-order valence-corrected chi connectivity index (χ0v) is 17.9. The largest absolute Gasteiger partial charge is 0.338 e. The number of aromatic amines is 1. The van der Waals surface area contributed by atoms with Crippen molar-refractivity contribution < 1.29 is 4.79 Å². The summed E-state index contributed by atoms with van der Waals surface area (Å²) in [6, 6.07) is 1.57.